The quantitative estimate of drug-likeness (QED) is 0.753. The minimum atomic E-state index is -0.574. The molecular weight excluding hydrogens is 232 g/mol. The first kappa shape index (κ1) is 13.7. The first-order valence-corrected chi connectivity index (χ1v) is 8.11. The molecule has 3 nitrogen and oxygen atoms in total. The second-order valence-corrected chi connectivity index (χ2v) is 6.89. The van der Waals surface area contributed by atoms with Gasteiger partial charge in [0.05, 0.1) is 5.60 Å². The van der Waals surface area contributed by atoms with Crippen LogP contribution in [0.15, 0.2) is 0 Å². The Morgan fingerprint density at radius 3 is 2.76 bits per heavy atom. The van der Waals surface area contributed by atoms with Gasteiger partial charge in [0, 0.05) is 37.0 Å². The summed E-state index contributed by atoms with van der Waals surface area (Å²) >= 11 is 1.71. The Kier molecular flexibility index (Phi) is 4.40. The van der Waals surface area contributed by atoms with Crippen molar-refractivity contribution >= 4 is 11.8 Å². The molecule has 2 aliphatic rings. The van der Waals surface area contributed by atoms with Crippen LogP contribution in [0.1, 0.15) is 33.1 Å². The van der Waals surface area contributed by atoms with Crippen molar-refractivity contribution in [2.45, 2.75) is 56.8 Å². The van der Waals surface area contributed by atoms with Crippen LogP contribution in [0, 0.1) is 0 Å². The second-order valence-electron chi connectivity index (χ2n) is 6.02. The monoisotopic (exact) mass is 258 g/mol. The summed E-state index contributed by atoms with van der Waals surface area (Å²) in [5, 5.41) is 13.7. The van der Waals surface area contributed by atoms with Gasteiger partial charge in [0.2, 0.25) is 0 Å². The van der Waals surface area contributed by atoms with Crippen molar-refractivity contribution < 1.29 is 5.11 Å². The molecule has 1 saturated carbocycles. The highest BCUT2D eigenvalue weighted by molar-refractivity contribution is 7.98. The van der Waals surface area contributed by atoms with Gasteiger partial charge in [-0.05, 0) is 39.4 Å². The highest BCUT2D eigenvalue weighted by Gasteiger charge is 2.38. The molecule has 1 saturated heterocycles. The molecule has 3 unspecified atom stereocenters. The van der Waals surface area contributed by atoms with Crippen LogP contribution >= 0.6 is 11.8 Å². The zero-order valence-electron chi connectivity index (χ0n) is 11.3. The van der Waals surface area contributed by atoms with Gasteiger partial charge in [-0.25, -0.2) is 0 Å². The lowest BCUT2D eigenvalue weighted by Gasteiger charge is -2.25. The van der Waals surface area contributed by atoms with Gasteiger partial charge in [-0.15, -0.1) is 0 Å². The van der Waals surface area contributed by atoms with Crippen molar-refractivity contribution in [1.29, 1.82) is 0 Å². The molecule has 3 atom stereocenters. The molecule has 17 heavy (non-hydrogen) atoms. The van der Waals surface area contributed by atoms with Crippen molar-refractivity contribution in [2.75, 3.05) is 25.1 Å². The number of rotatable bonds is 6. The van der Waals surface area contributed by atoms with E-state index in [1.807, 2.05) is 13.2 Å². The lowest BCUT2D eigenvalue weighted by atomic mass is 10.1. The van der Waals surface area contributed by atoms with Crippen molar-refractivity contribution in [1.82, 2.24) is 10.2 Å². The molecule has 0 aromatic carbocycles. The molecule has 0 radical (unpaired) electrons. The van der Waals surface area contributed by atoms with E-state index in [0.717, 1.165) is 11.8 Å². The molecule has 100 valence electrons. The van der Waals surface area contributed by atoms with Gasteiger partial charge in [0.1, 0.15) is 0 Å². The molecule has 0 aromatic heterocycles. The van der Waals surface area contributed by atoms with Crippen LogP contribution < -0.4 is 5.32 Å². The van der Waals surface area contributed by atoms with Crippen molar-refractivity contribution in [3.63, 3.8) is 0 Å². The molecule has 1 heterocycles. The number of hydrogen-bond donors (Lipinski definition) is 2. The molecule has 4 heteroatoms. The van der Waals surface area contributed by atoms with Gasteiger partial charge < -0.3 is 10.4 Å². The number of nitrogens with one attached hydrogen (secondary N) is 1. The summed E-state index contributed by atoms with van der Waals surface area (Å²) < 4.78 is 0. The smallest absolute Gasteiger partial charge is 0.0833 e. The van der Waals surface area contributed by atoms with Crippen LogP contribution in [0.4, 0.5) is 0 Å². The highest BCUT2D eigenvalue weighted by atomic mass is 32.2. The van der Waals surface area contributed by atoms with Gasteiger partial charge in [-0.2, -0.15) is 11.8 Å². The minimum Gasteiger partial charge on any atom is -0.388 e. The van der Waals surface area contributed by atoms with Crippen molar-refractivity contribution in [3.05, 3.63) is 0 Å². The largest absolute Gasteiger partial charge is 0.388 e. The van der Waals surface area contributed by atoms with Crippen LogP contribution in [-0.4, -0.2) is 58.8 Å². The zero-order valence-corrected chi connectivity index (χ0v) is 12.1. The van der Waals surface area contributed by atoms with E-state index in [1.165, 1.54) is 25.8 Å². The summed E-state index contributed by atoms with van der Waals surface area (Å²) in [5.74, 6) is 0.800. The Labute approximate surface area is 109 Å². The average molecular weight is 258 g/mol. The summed E-state index contributed by atoms with van der Waals surface area (Å²) in [4.78, 5) is 2.64. The predicted molar refractivity (Wildman–Crippen MR) is 74.6 cm³/mol. The van der Waals surface area contributed by atoms with E-state index in [2.05, 4.69) is 17.1 Å². The van der Waals surface area contributed by atoms with E-state index in [-0.39, 0.29) is 0 Å². The van der Waals surface area contributed by atoms with E-state index in [0.29, 0.717) is 18.6 Å². The lowest BCUT2D eigenvalue weighted by molar-refractivity contribution is 0.0816. The van der Waals surface area contributed by atoms with Crippen LogP contribution in [0.2, 0.25) is 0 Å². The standard InChI is InChI=1S/C13H26N2OS/c1-10-6-11(7-15(10)12-4-5-12)14-8-13(2,16)9-17-3/h10-12,14,16H,4-9H2,1-3H3. The van der Waals surface area contributed by atoms with Gasteiger partial charge in [0.15, 0.2) is 0 Å². The average Bonchev–Trinajstić information content (AvgIpc) is 3.01. The Bertz CT molecular complexity index is 256. The van der Waals surface area contributed by atoms with Crippen molar-refractivity contribution in [2.24, 2.45) is 0 Å². The summed E-state index contributed by atoms with van der Waals surface area (Å²) in [6.45, 7) is 6.14. The van der Waals surface area contributed by atoms with Gasteiger partial charge in [-0.3, -0.25) is 4.90 Å². The van der Waals surface area contributed by atoms with Gasteiger partial charge in [-0.1, -0.05) is 0 Å². The maximum atomic E-state index is 10.1. The fraction of sp³-hybridized carbons (Fsp3) is 1.00. The number of hydrogen-bond acceptors (Lipinski definition) is 4. The number of nitrogens with zero attached hydrogens (tertiary/aromatic N) is 1. The summed E-state index contributed by atoms with van der Waals surface area (Å²) in [7, 11) is 0. The Morgan fingerprint density at radius 1 is 1.47 bits per heavy atom. The molecule has 0 bridgehead atoms. The molecule has 0 aromatic rings. The van der Waals surface area contributed by atoms with E-state index >= 15 is 0 Å². The first-order valence-electron chi connectivity index (χ1n) is 6.72. The molecule has 1 aliphatic heterocycles. The third-order valence-corrected chi connectivity index (χ3v) is 4.78. The fourth-order valence-corrected chi connectivity index (χ4v) is 3.57. The zero-order chi connectivity index (χ0) is 12.5. The topological polar surface area (TPSA) is 35.5 Å². The molecule has 0 amide bonds. The third kappa shape index (κ3) is 3.85. The number of aliphatic hydroxyl groups is 1. The second kappa shape index (κ2) is 5.47. The van der Waals surface area contributed by atoms with Crippen molar-refractivity contribution in [3.8, 4) is 0 Å². The van der Waals surface area contributed by atoms with Crippen LogP contribution in [0.3, 0.4) is 0 Å². The maximum Gasteiger partial charge on any atom is 0.0833 e. The van der Waals surface area contributed by atoms with E-state index in [1.54, 1.807) is 11.8 Å². The molecule has 2 rings (SSSR count). The molecule has 2 fully saturated rings. The summed E-state index contributed by atoms with van der Waals surface area (Å²) in [6.07, 6.45) is 6.05. The lowest BCUT2D eigenvalue weighted by Crippen LogP contribution is -2.45. The normalized spacial score (nSPS) is 33.9. The van der Waals surface area contributed by atoms with Crippen LogP contribution in [0.5, 0.6) is 0 Å². The number of likely N-dealkylation sites (tertiary alicyclic amines) is 1. The SMILES string of the molecule is CSCC(C)(O)CNC1CC(C)N(C2CC2)C1. The minimum absolute atomic E-state index is 0.568. The molecule has 1 aliphatic carbocycles. The van der Waals surface area contributed by atoms with Crippen LogP contribution in [-0.2, 0) is 0 Å². The highest BCUT2D eigenvalue weighted by Crippen LogP contribution is 2.33. The maximum absolute atomic E-state index is 10.1. The Morgan fingerprint density at radius 2 is 2.18 bits per heavy atom. The molecule has 2 N–H and O–H groups in total. The Hall–Kier alpha value is 0.230. The fourth-order valence-electron chi connectivity index (χ4n) is 2.85. The van der Waals surface area contributed by atoms with Gasteiger partial charge >= 0.3 is 0 Å². The van der Waals surface area contributed by atoms with Gasteiger partial charge in [0.25, 0.3) is 0 Å². The first-order chi connectivity index (χ1) is 8.02. The van der Waals surface area contributed by atoms with E-state index in [4.69, 9.17) is 0 Å². The third-order valence-electron chi connectivity index (χ3n) is 3.87. The van der Waals surface area contributed by atoms with E-state index in [9.17, 15) is 5.11 Å². The predicted octanol–water partition coefficient (Wildman–Crippen LogP) is 1.32. The molecule has 0 spiro atoms. The summed E-state index contributed by atoms with van der Waals surface area (Å²) in [6, 6.07) is 2.15. The summed E-state index contributed by atoms with van der Waals surface area (Å²) in [5.41, 5.74) is -0.574. The Balaban J connectivity index is 1.73. The number of thioether (sulfide) groups is 1. The molecular formula is C13H26N2OS. The van der Waals surface area contributed by atoms with E-state index < -0.39 is 5.60 Å². The van der Waals surface area contributed by atoms with Crippen LogP contribution in [0.25, 0.3) is 0 Å².